The van der Waals surface area contributed by atoms with Gasteiger partial charge in [0.15, 0.2) is 0 Å². The second kappa shape index (κ2) is 4.33. The van der Waals surface area contributed by atoms with Crippen LogP contribution in [-0.4, -0.2) is 15.1 Å². The van der Waals surface area contributed by atoms with Crippen LogP contribution in [-0.2, 0) is 6.42 Å². The summed E-state index contributed by atoms with van der Waals surface area (Å²) >= 11 is 0. The van der Waals surface area contributed by atoms with E-state index in [2.05, 4.69) is 9.97 Å². The second-order valence-electron chi connectivity index (χ2n) is 3.10. The number of aliphatic hydroxyl groups excluding tert-OH is 1. The fraction of sp³-hybridized carbons (Fsp3) is 0.600. The summed E-state index contributed by atoms with van der Waals surface area (Å²) in [5.74, 6) is 0.768. The van der Waals surface area contributed by atoms with Crippen LogP contribution in [0.1, 0.15) is 43.5 Å². The molecule has 0 bridgehead atoms. The SMILES string of the molecule is CCc1nc(C)ncc1[C@@H](O)CC. The van der Waals surface area contributed by atoms with E-state index in [0.717, 1.165) is 23.5 Å². The van der Waals surface area contributed by atoms with Gasteiger partial charge in [0.2, 0.25) is 0 Å². The van der Waals surface area contributed by atoms with Crippen LogP contribution in [0.3, 0.4) is 0 Å². The van der Waals surface area contributed by atoms with Gasteiger partial charge in [-0.05, 0) is 19.8 Å². The molecule has 0 spiro atoms. The van der Waals surface area contributed by atoms with Crippen molar-refractivity contribution in [2.24, 2.45) is 0 Å². The van der Waals surface area contributed by atoms with Crippen LogP contribution >= 0.6 is 0 Å². The van der Waals surface area contributed by atoms with Crippen LogP contribution in [0.4, 0.5) is 0 Å². The average Bonchev–Trinajstić information content (AvgIpc) is 2.16. The molecule has 1 rings (SSSR count). The molecule has 0 unspecified atom stereocenters. The fourth-order valence-electron chi connectivity index (χ4n) is 1.31. The molecular formula is C10H16N2O. The molecule has 3 nitrogen and oxygen atoms in total. The molecule has 0 aliphatic rings. The lowest BCUT2D eigenvalue weighted by Crippen LogP contribution is -2.05. The highest BCUT2D eigenvalue weighted by Crippen LogP contribution is 2.18. The second-order valence-corrected chi connectivity index (χ2v) is 3.10. The van der Waals surface area contributed by atoms with Crippen LogP contribution in [0.2, 0.25) is 0 Å². The van der Waals surface area contributed by atoms with Crippen LogP contribution in [0, 0.1) is 6.92 Å². The Hall–Kier alpha value is -0.960. The molecule has 72 valence electrons. The fourth-order valence-corrected chi connectivity index (χ4v) is 1.31. The third kappa shape index (κ3) is 2.25. The molecule has 3 heteroatoms. The summed E-state index contributed by atoms with van der Waals surface area (Å²) in [5.41, 5.74) is 1.83. The number of hydrogen-bond acceptors (Lipinski definition) is 3. The molecule has 0 saturated heterocycles. The van der Waals surface area contributed by atoms with Crippen LogP contribution in [0.15, 0.2) is 6.20 Å². The van der Waals surface area contributed by atoms with Crippen LogP contribution in [0.5, 0.6) is 0 Å². The zero-order valence-corrected chi connectivity index (χ0v) is 8.41. The zero-order valence-electron chi connectivity index (χ0n) is 8.41. The van der Waals surface area contributed by atoms with Gasteiger partial charge < -0.3 is 5.11 Å². The van der Waals surface area contributed by atoms with E-state index >= 15 is 0 Å². The van der Waals surface area contributed by atoms with Gasteiger partial charge in [0.05, 0.1) is 6.10 Å². The van der Waals surface area contributed by atoms with E-state index in [0.29, 0.717) is 6.42 Å². The topological polar surface area (TPSA) is 46.0 Å². The number of rotatable bonds is 3. The van der Waals surface area contributed by atoms with E-state index in [4.69, 9.17) is 0 Å². The number of hydrogen-bond donors (Lipinski definition) is 1. The van der Waals surface area contributed by atoms with Crippen molar-refractivity contribution in [2.45, 2.75) is 39.7 Å². The van der Waals surface area contributed by atoms with Gasteiger partial charge in [-0.25, -0.2) is 9.97 Å². The number of aliphatic hydroxyl groups is 1. The molecule has 0 fully saturated rings. The number of aromatic nitrogens is 2. The molecule has 0 aliphatic carbocycles. The molecule has 0 amide bonds. The molecule has 1 atom stereocenters. The lowest BCUT2D eigenvalue weighted by molar-refractivity contribution is 0.171. The summed E-state index contributed by atoms with van der Waals surface area (Å²) in [6, 6.07) is 0. The van der Waals surface area contributed by atoms with Gasteiger partial charge in [-0.1, -0.05) is 13.8 Å². The summed E-state index contributed by atoms with van der Waals surface area (Å²) in [5, 5.41) is 9.65. The summed E-state index contributed by atoms with van der Waals surface area (Å²) < 4.78 is 0. The van der Waals surface area contributed by atoms with E-state index < -0.39 is 6.10 Å². The Morgan fingerprint density at radius 1 is 1.46 bits per heavy atom. The maximum absolute atomic E-state index is 9.65. The van der Waals surface area contributed by atoms with Crippen LogP contribution in [0.25, 0.3) is 0 Å². The van der Waals surface area contributed by atoms with Crippen LogP contribution < -0.4 is 0 Å². The summed E-state index contributed by atoms with van der Waals surface area (Å²) in [7, 11) is 0. The molecule has 0 saturated carbocycles. The lowest BCUT2D eigenvalue weighted by atomic mass is 10.1. The van der Waals surface area contributed by atoms with Gasteiger partial charge in [-0.15, -0.1) is 0 Å². The van der Waals surface area contributed by atoms with Gasteiger partial charge in [-0.2, -0.15) is 0 Å². The van der Waals surface area contributed by atoms with Crippen molar-refractivity contribution < 1.29 is 5.11 Å². The summed E-state index contributed by atoms with van der Waals surface area (Å²) in [4.78, 5) is 8.38. The van der Waals surface area contributed by atoms with Gasteiger partial charge in [0.25, 0.3) is 0 Å². The summed E-state index contributed by atoms with van der Waals surface area (Å²) in [6.07, 6.45) is 2.86. The first-order valence-corrected chi connectivity index (χ1v) is 4.69. The largest absolute Gasteiger partial charge is 0.388 e. The quantitative estimate of drug-likeness (QED) is 0.771. The van der Waals surface area contributed by atoms with E-state index in [-0.39, 0.29) is 0 Å². The number of aryl methyl sites for hydroxylation is 2. The Balaban J connectivity index is 3.05. The third-order valence-electron chi connectivity index (χ3n) is 2.10. The predicted molar refractivity (Wildman–Crippen MR) is 51.4 cm³/mol. The zero-order chi connectivity index (χ0) is 9.84. The van der Waals surface area contributed by atoms with Gasteiger partial charge in [0, 0.05) is 17.5 Å². The smallest absolute Gasteiger partial charge is 0.125 e. The Morgan fingerprint density at radius 2 is 2.15 bits per heavy atom. The first kappa shape index (κ1) is 10.1. The van der Waals surface area contributed by atoms with Gasteiger partial charge in [0.1, 0.15) is 5.82 Å². The molecule has 1 aromatic heterocycles. The molecule has 1 N–H and O–H groups in total. The average molecular weight is 180 g/mol. The normalized spacial score (nSPS) is 12.9. The molecule has 0 aliphatic heterocycles. The standard InChI is InChI=1S/C10H16N2O/c1-4-9-8(10(13)5-2)6-11-7(3)12-9/h6,10,13H,4-5H2,1-3H3/t10-/m0/s1. The van der Waals surface area contributed by atoms with E-state index in [1.54, 1.807) is 6.20 Å². The maximum atomic E-state index is 9.65. The Labute approximate surface area is 78.9 Å². The van der Waals surface area contributed by atoms with Crippen molar-refractivity contribution in [3.8, 4) is 0 Å². The van der Waals surface area contributed by atoms with Gasteiger partial charge in [-0.3, -0.25) is 0 Å². The summed E-state index contributed by atoms with van der Waals surface area (Å²) in [6.45, 7) is 5.85. The maximum Gasteiger partial charge on any atom is 0.125 e. The van der Waals surface area contributed by atoms with Crippen molar-refractivity contribution in [3.63, 3.8) is 0 Å². The van der Waals surface area contributed by atoms with Crippen molar-refractivity contribution in [3.05, 3.63) is 23.3 Å². The van der Waals surface area contributed by atoms with E-state index in [9.17, 15) is 5.11 Å². The van der Waals surface area contributed by atoms with E-state index in [1.165, 1.54) is 0 Å². The first-order valence-electron chi connectivity index (χ1n) is 4.69. The monoisotopic (exact) mass is 180 g/mol. The van der Waals surface area contributed by atoms with Crippen molar-refractivity contribution in [2.75, 3.05) is 0 Å². The Kier molecular flexibility index (Phi) is 3.37. The molecule has 0 radical (unpaired) electrons. The highest BCUT2D eigenvalue weighted by atomic mass is 16.3. The number of nitrogens with zero attached hydrogens (tertiary/aromatic N) is 2. The molecule has 1 heterocycles. The highest BCUT2D eigenvalue weighted by Gasteiger charge is 2.10. The van der Waals surface area contributed by atoms with Gasteiger partial charge >= 0.3 is 0 Å². The van der Waals surface area contributed by atoms with Crippen molar-refractivity contribution in [1.82, 2.24) is 9.97 Å². The minimum absolute atomic E-state index is 0.421. The molecule has 13 heavy (non-hydrogen) atoms. The van der Waals surface area contributed by atoms with E-state index in [1.807, 2.05) is 20.8 Å². The molecule has 1 aromatic rings. The first-order chi connectivity index (χ1) is 6.19. The lowest BCUT2D eigenvalue weighted by Gasteiger charge is -2.11. The predicted octanol–water partition coefficient (Wildman–Crippen LogP) is 1.79. The molecular weight excluding hydrogens is 164 g/mol. The minimum atomic E-state index is -0.421. The third-order valence-corrected chi connectivity index (χ3v) is 2.10. The molecule has 0 aromatic carbocycles. The van der Waals surface area contributed by atoms with Crippen molar-refractivity contribution in [1.29, 1.82) is 0 Å². The Morgan fingerprint density at radius 3 is 2.69 bits per heavy atom. The Bertz CT molecular complexity index is 286. The minimum Gasteiger partial charge on any atom is -0.388 e. The van der Waals surface area contributed by atoms with Crippen molar-refractivity contribution >= 4 is 0 Å². The highest BCUT2D eigenvalue weighted by molar-refractivity contribution is 5.20.